The Bertz CT molecular complexity index is 719. The molecule has 3 rings (SSSR count). The van der Waals surface area contributed by atoms with Gasteiger partial charge in [-0.25, -0.2) is 4.39 Å². The molecule has 3 nitrogen and oxygen atoms in total. The summed E-state index contributed by atoms with van der Waals surface area (Å²) in [5, 5.41) is 3.08. The number of carbonyl (C=O) groups excluding carboxylic acids is 1. The molecular formula is C14H8Cl2FNO2. The van der Waals surface area contributed by atoms with Crippen molar-refractivity contribution in [1.29, 1.82) is 0 Å². The maximum atomic E-state index is 13.2. The summed E-state index contributed by atoms with van der Waals surface area (Å²) in [4.78, 5) is 11.3. The predicted molar refractivity (Wildman–Crippen MR) is 76.0 cm³/mol. The van der Waals surface area contributed by atoms with Crippen LogP contribution in [0.3, 0.4) is 0 Å². The molecule has 1 aliphatic rings. The maximum absolute atomic E-state index is 13.2. The lowest BCUT2D eigenvalue weighted by molar-refractivity contribution is -0.118. The van der Waals surface area contributed by atoms with Crippen molar-refractivity contribution in [2.24, 2.45) is 0 Å². The second kappa shape index (κ2) is 4.96. The van der Waals surface area contributed by atoms with E-state index in [9.17, 15) is 9.18 Å². The zero-order chi connectivity index (χ0) is 14.3. The van der Waals surface area contributed by atoms with Gasteiger partial charge in [0.25, 0.3) is 5.91 Å². The first-order valence-electron chi connectivity index (χ1n) is 5.76. The second-order valence-corrected chi connectivity index (χ2v) is 5.11. The molecule has 102 valence electrons. The highest BCUT2D eigenvalue weighted by molar-refractivity contribution is 6.33. The molecule has 0 atom stereocenters. The summed E-state index contributed by atoms with van der Waals surface area (Å²) >= 11 is 11.9. The van der Waals surface area contributed by atoms with Crippen LogP contribution >= 0.6 is 23.2 Å². The van der Waals surface area contributed by atoms with E-state index in [2.05, 4.69) is 5.32 Å². The minimum Gasteiger partial charge on any atom is -0.480 e. The average molecular weight is 312 g/mol. The average Bonchev–Trinajstić information content (AvgIpc) is 2.41. The Morgan fingerprint density at radius 3 is 2.60 bits per heavy atom. The van der Waals surface area contributed by atoms with Crippen LogP contribution in [0.15, 0.2) is 30.3 Å². The molecule has 2 aromatic carbocycles. The van der Waals surface area contributed by atoms with Crippen LogP contribution in [0.25, 0.3) is 11.1 Å². The number of hydrogen-bond acceptors (Lipinski definition) is 2. The van der Waals surface area contributed by atoms with Gasteiger partial charge in [0.15, 0.2) is 12.4 Å². The van der Waals surface area contributed by atoms with Crippen molar-refractivity contribution in [2.75, 3.05) is 11.9 Å². The minimum atomic E-state index is -0.490. The predicted octanol–water partition coefficient (Wildman–Crippen LogP) is 4.13. The molecule has 0 saturated heterocycles. The topological polar surface area (TPSA) is 38.3 Å². The lowest BCUT2D eigenvalue weighted by atomic mass is 10.0. The summed E-state index contributed by atoms with van der Waals surface area (Å²) in [5.74, 6) is -0.304. The van der Waals surface area contributed by atoms with E-state index in [4.69, 9.17) is 27.9 Å². The van der Waals surface area contributed by atoms with Crippen LogP contribution in [0.1, 0.15) is 0 Å². The van der Waals surface area contributed by atoms with Crippen LogP contribution in [0.2, 0.25) is 10.0 Å². The number of halogens is 3. The van der Waals surface area contributed by atoms with Crippen molar-refractivity contribution in [3.8, 4) is 16.9 Å². The van der Waals surface area contributed by atoms with E-state index in [1.807, 2.05) is 0 Å². The Morgan fingerprint density at radius 1 is 1.10 bits per heavy atom. The molecule has 0 radical (unpaired) electrons. The van der Waals surface area contributed by atoms with Crippen molar-refractivity contribution in [3.63, 3.8) is 0 Å². The molecule has 1 N–H and O–H groups in total. The van der Waals surface area contributed by atoms with E-state index in [-0.39, 0.29) is 17.5 Å². The van der Waals surface area contributed by atoms with Crippen molar-refractivity contribution < 1.29 is 13.9 Å². The third-order valence-electron chi connectivity index (χ3n) is 2.92. The second-order valence-electron chi connectivity index (χ2n) is 4.30. The van der Waals surface area contributed by atoms with Gasteiger partial charge in [0.1, 0.15) is 5.82 Å². The molecule has 6 heteroatoms. The fourth-order valence-corrected chi connectivity index (χ4v) is 2.45. The zero-order valence-corrected chi connectivity index (χ0v) is 11.6. The quantitative estimate of drug-likeness (QED) is 0.860. The van der Waals surface area contributed by atoms with Crippen molar-refractivity contribution in [2.45, 2.75) is 0 Å². The summed E-state index contributed by atoms with van der Waals surface area (Å²) in [6.45, 7) is -0.0611. The summed E-state index contributed by atoms with van der Waals surface area (Å²) in [5.41, 5.74) is 1.89. The van der Waals surface area contributed by atoms with Gasteiger partial charge < -0.3 is 10.1 Å². The summed E-state index contributed by atoms with van der Waals surface area (Å²) < 4.78 is 18.5. The van der Waals surface area contributed by atoms with Gasteiger partial charge >= 0.3 is 0 Å². The van der Waals surface area contributed by atoms with Gasteiger partial charge in [-0.1, -0.05) is 29.3 Å². The van der Waals surface area contributed by atoms with E-state index in [0.717, 1.165) is 0 Å². The Morgan fingerprint density at radius 2 is 1.85 bits per heavy atom. The maximum Gasteiger partial charge on any atom is 0.262 e. The molecule has 1 amide bonds. The largest absolute Gasteiger partial charge is 0.480 e. The third kappa shape index (κ3) is 2.32. The molecule has 1 aliphatic heterocycles. The first-order valence-corrected chi connectivity index (χ1v) is 6.52. The van der Waals surface area contributed by atoms with Crippen LogP contribution < -0.4 is 10.1 Å². The molecule has 0 saturated carbocycles. The number of fused-ring (bicyclic) bond motifs is 1. The normalized spacial score (nSPS) is 13.4. The molecule has 1 heterocycles. The van der Waals surface area contributed by atoms with Crippen molar-refractivity contribution >= 4 is 34.8 Å². The molecule has 20 heavy (non-hydrogen) atoms. The van der Waals surface area contributed by atoms with Crippen LogP contribution in [-0.2, 0) is 4.79 Å². The smallest absolute Gasteiger partial charge is 0.262 e. The van der Waals surface area contributed by atoms with Crippen LogP contribution in [0, 0.1) is 5.82 Å². The van der Waals surface area contributed by atoms with E-state index >= 15 is 0 Å². The number of anilines is 1. The van der Waals surface area contributed by atoms with Crippen molar-refractivity contribution in [3.05, 3.63) is 46.2 Å². The van der Waals surface area contributed by atoms with Gasteiger partial charge in [-0.15, -0.1) is 0 Å². The van der Waals surface area contributed by atoms with Crippen LogP contribution in [-0.4, -0.2) is 12.5 Å². The first-order chi connectivity index (χ1) is 9.54. The van der Waals surface area contributed by atoms with Crippen molar-refractivity contribution in [1.82, 2.24) is 0 Å². The van der Waals surface area contributed by atoms with Gasteiger partial charge in [-0.3, -0.25) is 4.79 Å². The Kier molecular flexibility index (Phi) is 3.28. The molecule has 0 aliphatic carbocycles. The fraction of sp³-hybridized carbons (Fsp3) is 0.0714. The van der Waals surface area contributed by atoms with Gasteiger partial charge in [0, 0.05) is 0 Å². The number of rotatable bonds is 1. The van der Waals surface area contributed by atoms with Gasteiger partial charge in [0.05, 0.1) is 15.7 Å². The number of carbonyl (C=O) groups is 1. The Balaban J connectivity index is 2.10. The van der Waals surface area contributed by atoms with E-state index in [0.29, 0.717) is 27.6 Å². The van der Waals surface area contributed by atoms with E-state index < -0.39 is 5.82 Å². The number of hydrogen-bond donors (Lipinski definition) is 1. The third-order valence-corrected chi connectivity index (χ3v) is 3.49. The van der Waals surface area contributed by atoms with Gasteiger partial charge in [0.2, 0.25) is 0 Å². The van der Waals surface area contributed by atoms with E-state index in [1.165, 1.54) is 12.1 Å². The molecule has 0 fully saturated rings. The summed E-state index contributed by atoms with van der Waals surface area (Å²) in [6.07, 6.45) is 0. The standard InChI is InChI=1S/C14H8Cl2FNO2/c15-9-3-7(1-2-11(9)17)8-4-10(16)14-12(5-8)18-13(19)6-20-14/h1-5H,6H2,(H,18,19). The lowest BCUT2D eigenvalue weighted by Crippen LogP contribution is -2.25. The lowest BCUT2D eigenvalue weighted by Gasteiger charge is -2.20. The Hall–Kier alpha value is -1.78. The molecule has 0 unspecified atom stereocenters. The number of ether oxygens (including phenoxy) is 1. The summed E-state index contributed by atoms with van der Waals surface area (Å²) in [7, 11) is 0. The zero-order valence-electron chi connectivity index (χ0n) is 10.0. The molecular weight excluding hydrogens is 304 g/mol. The fourth-order valence-electron chi connectivity index (χ4n) is 2.00. The first kappa shape index (κ1) is 13.2. The Labute approximate surface area is 124 Å². The highest BCUT2D eigenvalue weighted by Crippen LogP contribution is 2.39. The number of nitrogens with one attached hydrogen (secondary N) is 1. The monoisotopic (exact) mass is 311 g/mol. The molecule has 0 aromatic heterocycles. The SMILES string of the molecule is O=C1COc2c(Cl)cc(-c3ccc(F)c(Cl)c3)cc2N1. The van der Waals surface area contributed by atoms with Gasteiger partial charge in [-0.05, 0) is 35.4 Å². The van der Waals surface area contributed by atoms with Crippen LogP contribution in [0.4, 0.5) is 10.1 Å². The minimum absolute atomic E-state index is 0.0247. The number of benzene rings is 2. The molecule has 0 spiro atoms. The molecule has 2 aromatic rings. The number of amides is 1. The highest BCUT2D eigenvalue weighted by atomic mass is 35.5. The van der Waals surface area contributed by atoms with Crippen LogP contribution in [0.5, 0.6) is 5.75 Å². The molecule has 0 bridgehead atoms. The summed E-state index contributed by atoms with van der Waals surface area (Å²) in [6, 6.07) is 7.76. The van der Waals surface area contributed by atoms with E-state index in [1.54, 1.807) is 18.2 Å². The van der Waals surface area contributed by atoms with Gasteiger partial charge in [-0.2, -0.15) is 0 Å². The highest BCUT2D eigenvalue weighted by Gasteiger charge is 2.20.